The first-order valence-electron chi connectivity index (χ1n) is 5.40. The molecule has 0 aliphatic carbocycles. The topological polar surface area (TPSA) is 127 Å². The average Bonchev–Trinajstić information content (AvgIpc) is 2.32. The van der Waals surface area contributed by atoms with Crippen molar-refractivity contribution in [3.8, 4) is 0 Å². The van der Waals surface area contributed by atoms with Gasteiger partial charge in [-0.25, -0.2) is 24.6 Å². The highest BCUT2D eigenvalue weighted by atomic mass is 16.3. The summed E-state index contributed by atoms with van der Waals surface area (Å²) >= 11 is 0. The summed E-state index contributed by atoms with van der Waals surface area (Å²) in [5, 5.41) is 28.6. The minimum absolute atomic E-state index is 0.250. The number of nitrogens with zero attached hydrogens (tertiary/aromatic N) is 2. The van der Waals surface area contributed by atoms with Crippen LogP contribution < -0.4 is 5.32 Å². The van der Waals surface area contributed by atoms with Gasteiger partial charge in [0.05, 0.1) is 26.4 Å². The van der Waals surface area contributed by atoms with Gasteiger partial charge in [0.15, 0.2) is 0 Å². The van der Waals surface area contributed by atoms with Crippen molar-refractivity contribution in [2.45, 2.75) is 0 Å². The zero-order valence-electron chi connectivity index (χ0n) is 9.70. The first-order valence-corrected chi connectivity index (χ1v) is 5.40. The Bertz CT molecular complexity index is 352. The molecule has 1 rings (SSSR count). The van der Waals surface area contributed by atoms with Crippen molar-refractivity contribution in [2.24, 2.45) is 0 Å². The van der Waals surface area contributed by atoms with Crippen molar-refractivity contribution in [1.29, 1.82) is 0 Å². The van der Waals surface area contributed by atoms with Crippen molar-refractivity contribution in [3.63, 3.8) is 0 Å². The molecular formula is C9H16N3O6+. The zero-order chi connectivity index (χ0) is 13.8. The first-order chi connectivity index (χ1) is 8.53. The van der Waals surface area contributed by atoms with E-state index in [0.29, 0.717) is 4.90 Å². The maximum absolute atomic E-state index is 12.1. The number of carbonyl (C=O) groups excluding carboxylic acids is 3. The molecule has 0 aromatic heterocycles. The second kappa shape index (κ2) is 5.87. The lowest BCUT2D eigenvalue weighted by atomic mass is 10.3. The summed E-state index contributed by atoms with van der Waals surface area (Å²) in [5.74, 6) is 0. The largest absolute Gasteiger partial charge is 0.436 e. The lowest BCUT2D eigenvalue weighted by Gasteiger charge is -2.38. The van der Waals surface area contributed by atoms with Crippen molar-refractivity contribution < 1.29 is 34.2 Å². The molecule has 1 fully saturated rings. The number of imide groups is 3. The number of carbonyl (C=O) groups is 3. The molecule has 0 saturated carbocycles. The lowest BCUT2D eigenvalue weighted by molar-refractivity contribution is -0.775. The Morgan fingerprint density at radius 1 is 1.00 bits per heavy atom. The van der Waals surface area contributed by atoms with Crippen molar-refractivity contribution in [2.75, 3.05) is 39.5 Å². The van der Waals surface area contributed by atoms with Crippen molar-refractivity contribution in [3.05, 3.63) is 0 Å². The van der Waals surface area contributed by atoms with Gasteiger partial charge in [-0.1, -0.05) is 0 Å². The van der Waals surface area contributed by atoms with Gasteiger partial charge < -0.3 is 15.3 Å². The highest BCUT2D eigenvalue weighted by molar-refractivity contribution is 6.05. The third-order valence-electron chi connectivity index (χ3n) is 2.73. The molecule has 0 unspecified atom stereocenters. The standard InChI is InChI=1S/C9H15N3O6/c13-4-1-11-7(16)10-8(17)12(2-5-14,3-6-15)9(11)18/h13-15H,1-6H2/p+1. The van der Waals surface area contributed by atoms with Crippen LogP contribution >= 0.6 is 0 Å². The molecule has 0 spiro atoms. The first kappa shape index (κ1) is 14.5. The molecule has 18 heavy (non-hydrogen) atoms. The monoisotopic (exact) mass is 262 g/mol. The van der Waals surface area contributed by atoms with E-state index in [4.69, 9.17) is 15.3 Å². The van der Waals surface area contributed by atoms with E-state index in [1.807, 2.05) is 5.32 Å². The van der Waals surface area contributed by atoms with E-state index >= 15 is 0 Å². The number of quaternary nitrogens is 1. The van der Waals surface area contributed by atoms with Gasteiger partial charge in [0, 0.05) is 0 Å². The normalized spacial score (nSPS) is 19.1. The molecule has 0 atom stereocenters. The summed E-state index contributed by atoms with van der Waals surface area (Å²) in [7, 11) is 0. The summed E-state index contributed by atoms with van der Waals surface area (Å²) in [6.45, 7) is -2.11. The van der Waals surface area contributed by atoms with Gasteiger partial charge in [0.1, 0.15) is 13.1 Å². The fraction of sp³-hybridized carbons (Fsp3) is 0.667. The summed E-state index contributed by atoms with van der Waals surface area (Å²) in [5.41, 5.74) is 0. The van der Waals surface area contributed by atoms with E-state index < -0.39 is 42.4 Å². The molecule has 6 amide bonds. The summed E-state index contributed by atoms with van der Waals surface area (Å²) in [4.78, 5) is 36.0. The van der Waals surface area contributed by atoms with Crippen LogP contribution in [0.25, 0.3) is 0 Å². The Morgan fingerprint density at radius 3 is 2.00 bits per heavy atom. The number of hydrogen-bond donors (Lipinski definition) is 4. The van der Waals surface area contributed by atoms with Crippen LogP contribution in [0.2, 0.25) is 0 Å². The molecule has 1 heterocycles. The molecule has 9 heteroatoms. The van der Waals surface area contributed by atoms with Crippen LogP contribution in [0, 0.1) is 0 Å². The molecule has 0 bridgehead atoms. The van der Waals surface area contributed by atoms with Crippen LogP contribution in [0.4, 0.5) is 14.4 Å². The highest BCUT2D eigenvalue weighted by Crippen LogP contribution is 2.17. The Hall–Kier alpha value is -1.55. The Kier molecular flexibility index (Phi) is 4.73. The smallest absolute Gasteiger partial charge is 0.395 e. The van der Waals surface area contributed by atoms with E-state index in [1.54, 1.807) is 0 Å². The van der Waals surface area contributed by atoms with Crippen LogP contribution in [0.5, 0.6) is 0 Å². The summed E-state index contributed by atoms with van der Waals surface area (Å²) < 4.78 is -0.890. The fourth-order valence-corrected chi connectivity index (χ4v) is 1.82. The average molecular weight is 262 g/mol. The lowest BCUT2D eigenvalue weighted by Crippen LogP contribution is -2.73. The summed E-state index contributed by atoms with van der Waals surface area (Å²) in [6.07, 6.45) is 0. The summed E-state index contributed by atoms with van der Waals surface area (Å²) in [6, 6.07) is -2.66. The van der Waals surface area contributed by atoms with E-state index in [2.05, 4.69) is 0 Å². The van der Waals surface area contributed by atoms with E-state index in [9.17, 15) is 14.4 Å². The van der Waals surface area contributed by atoms with E-state index in [-0.39, 0.29) is 19.6 Å². The minimum Gasteiger partial charge on any atom is -0.395 e. The maximum Gasteiger partial charge on any atom is 0.436 e. The van der Waals surface area contributed by atoms with E-state index in [1.165, 1.54) is 0 Å². The quantitative estimate of drug-likeness (QED) is 0.412. The predicted molar refractivity (Wildman–Crippen MR) is 57.3 cm³/mol. The number of aliphatic hydroxyl groups excluding tert-OH is 3. The van der Waals surface area contributed by atoms with Crippen LogP contribution in [-0.4, -0.2) is 82.3 Å². The number of aliphatic hydroxyl groups is 3. The Balaban J connectivity index is 3.09. The van der Waals surface area contributed by atoms with Crippen molar-refractivity contribution >= 4 is 18.1 Å². The maximum atomic E-state index is 12.1. The van der Waals surface area contributed by atoms with Gasteiger partial charge in [-0.15, -0.1) is 0 Å². The molecule has 1 aliphatic rings. The fourth-order valence-electron chi connectivity index (χ4n) is 1.82. The molecular weight excluding hydrogens is 246 g/mol. The highest BCUT2D eigenvalue weighted by Gasteiger charge is 2.53. The van der Waals surface area contributed by atoms with Gasteiger partial charge in [0.25, 0.3) is 0 Å². The molecule has 0 aromatic carbocycles. The second-order valence-electron chi connectivity index (χ2n) is 3.76. The predicted octanol–water partition coefficient (Wildman–Crippen LogP) is -1.95. The van der Waals surface area contributed by atoms with Gasteiger partial charge in [-0.05, 0) is 0 Å². The minimum atomic E-state index is -0.913. The number of hydrogen-bond acceptors (Lipinski definition) is 6. The van der Waals surface area contributed by atoms with E-state index in [0.717, 1.165) is 0 Å². The number of nitrogens with one attached hydrogen (secondary N) is 1. The number of amides is 6. The Labute approximate surface area is 103 Å². The third-order valence-corrected chi connectivity index (χ3v) is 2.73. The van der Waals surface area contributed by atoms with Gasteiger partial charge in [0.2, 0.25) is 0 Å². The zero-order valence-corrected chi connectivity index (χ0v) is 9.70. The molecule has 0 aromatic rings. The molecule has 9 nitrogen and oxygen atoms in total. The molecule has 0 radical (unpaired) electrons. The Morgan fingerprint density at radius 2 is 1.56 bits per heavy atom. The second-order valence-corrected chi connectivity index (χ2v) is 3.76. The SMILES string of the molecule is O=C1NC(=O)[N+](CCO)(CCO)C(=O)N1CCO. The van der Waals surface area contributed by atoms with Crippen molar-refractivity contribution in [1.82, 2.24) is 10.2 Å². The molecule has 1 saturated heterocycles. The third kappa shape index (κ3) is 2.34. The molecule has 4 N–H and O–H groups in total. The van der Waals surface area contributed by atoms with Gasteiger partial charge in [-0.2, -0.15) is 4.48 Å². The van der Waals surface area contributed by atoms with Crippen LogP contribution in [0.1, 0.15) is 0 Å². The number of β-amino-alcohol motifs (C(OH)–C–C–N with tert-alkyl or cyclic N) is 1. The van der Waals surface area contributed by atoms with Crippen LogP contribution in [0.3, 0.4) is 0 Å². The van der Waals surface area contributed by atoms with Crippen LogP contribution in [-0.2, 0) is 0 Å². The molecule has 1 aliphatic heterocycles. The number of urea groups is 3. The number of rotatable bonds is 6. The van der Waals surface area contributed by atoms with Gasteiger partial charge >= 0.3 is 18.1 Å². The molecule has 102 valence electrons. The van der Waals surface area contributed by atoms with Gasteiger partial charge in [-0.3, -0.25) is 0 Å². The van der Waals surface area contributed by atoms with Crippen LogP contribution in [0.15, 0.2) is 0 Å².